The Labute approximate surface area is 180 Å². The van der Waals surface area contributed by atoms with Crippen molar-refractivity contribution in [3.05, 3.63) is 64.9 Å². The van der Waals surface area contributed by atoms with Crippen molar-refractivity contribution in [2.24, 2.45) is 5.73 Å². The van der Waals surface area contributed by atoms with Crippen molar-refractivity contribution in [1.82, 2.24) is 5.32 Å². The number of carbonyl (C=O) groups excluding carboxylic acids is 1. The highest BCUT2D eigenvalue weighted by atomic mass is 35.5. The molecule has 0 unspecified atom stereocenters. The molecule has 0 spiro atoms. The number of carbonyl (C=O) groups is 1. The highest BCUT2D eigenvalue weighted by molar-refractivity contribution is 7.92. The van der Waals surface area contributed by atoms with Gasteiger partial charge in [-0.1, -0.05) is 23.7 Å². The van der Waals surface area contributed by atoms with Gasteiger partial charge in [0.2, 0.25) is 0 Å². The summed E-state index contributed by atoms with van der Waals surface area (Å²) >= 11 is 5.88. The normalized spacial score (nSPS) is 23.7. The van der Waals surface area contributed by atoms with Crippen LogP contribution >= 0.6 is 11.6 Å². The second-order valence-corrected chi connectivity index (χ2v) is 10.8. The minimum Gasteiger partial charge on any atom is -0.444 e. The van der Waals surface area contributed by atoms with Crippen LogP contribution in [-0.2, 0) is 14.6 Å². The lowest BCUT2D eigenvalue weighted by atomic mass is 10.1. The van der Waals surface area contributed by atoms with Crippen LogP contribution in [0.1, 0.15) is 32.3 Å². The number of hydrogen-bond acceptors (Lipinski definition) is 5. The summed E-state index contributed by atoms with van der Waals surface area (Å²) in [4.78, 5) is 12.5. The molecule has 2 aromatic carbocycles. The van der Waals surface area contributed by atoms with Crippen LogP contribution in [-0.4, -0.2) is 37.4 Å². The van der Waals surface area contributed by atoms with Gasteiger partial charge in [-0.3, -0.25) is 0 Å². The fourth-order valence-corrected chi connectivity index (χ4v) is 6.21. The van der Waals surface area contributed by atoms with E-state index < -0.39 is 44.1 Å². The quantitative estimate of drug-likeness (QED) is 0.718. The topological polar surface area (TPSA) is 98.5 Å². The third-order valence-corrected chi connectivity index (χ3v) is 7.55. The fourth-order valence-electron chi connectivity index (χ4n) is 3.74. The highest BCUT2D eigenvalue weighted by Crippen LogP contribution is 2.57. The smallest absolute Gasteiger partial charge is 0.408 e. The number of ether oxygens (including phenoxy) is 1. The van der Waals surface area contributed by atoms with Crippen LogP contribution in [0.25, 0.3) is 0 Å². The van der Waals surface area contributed by atoms with E-state index in [2.05, 4.69) is 5.32 Å². The summed E-state index contributed by atoms with van der Waals surface area (Å²) in [5.41, 5.74) is 4.29. The van der Waals surface area contributed by atoms with Crippen molar-refractivity contribution in [3.63, 3.8) is 0 Å². The number of hydrogen-bond donors (Lipinski definition) is 2. The number of sulfone groups is 1. The molecule has 0 heterocycles. The van der Waals surface area contributed by atoms with E-state index in [-0.39, 0.29) is 11.4 Å². The third-order valence-electron chi connectivity index (χ3n) is 5.01. The van der Waals surface area contributed by atoms with Crippen molar-refractivity contribution in [3.8, 4) is 0 Å². The Morgan fingerprint density at radius 1 is 1.23 bits per heavy atom. The molecule has 9 heteroatoms. The summed E-state index contributed by atoms with van der Waals surface area (Å²) in [5.74, 6) is -1.25. The Bertz CT molecular complexity index is 1050. The largest absolute Gasteiger partial charge is 0.444 e. The lowest BCUT2D eigenvalue weighted by Crippen LogP contribution is -2.49. The first-order valence-corrected chi connectivity index (χ1v) is 11.3. The molecule has 1 aliphatic carbocycles. The highest BCUT2D eigenvalue weighted by Gasteiger charge is 2.71. The number of halogens is 2. The number of rotatable bonds is 5. The minimum absolute atomic E-state index is 0.0413. The van der Waals surface area contributed by atoms with Gasteiger partial charge in [-0.15, -0.1) is 0 Å². The number of benzene rings is 2. The summed E-state index contributed by atoms with van der Waals surface area (Å²) in [5, 5.41) is 1.97. The second-order valence-electron chi connectivity index (χ2n) is 8.32. The molecule has 3 N–H and O–H groups in total. The van der Waals surface area contributed by atoms with Gasteiger partial charge in [0.15, 0.2) is 9.84 Å². The van der Waals surface area contributed by atoms with E-state index in [9.17, 15) is 17.6 Å². The van der Waals surface area contributed by atoms with Gasteiger partial charge in [0, 0.05) is 17.5 Å². The first-order valence-electron chi connectivity index (χ1n) is 9.37. The average Bonchev–Trinajstić information content (AvgIpc) is 3.30. The van der Waals surface area contributed by atoms with E-state index in [0.29, 0.717) is 10.6 Å². The van der Waals surface area contributed by atoms with E-state index in [1.165, 1.54) is 42.5 Å². The molecule has 162 valence electrons. The van der Waals surface area contributed by atoms with Gasteiger partial charge in [-0.2, -0.15) is 0 Å². The van der Waals surface area contributed by atoms with Crippen LogP contribution in [0.5, 0.6) is 0 Å². The SMILES string of the molecule is CC(C)(C)OC(=O)N[C@@]1(CN)[C@@H](c2cccc(F)c2)[C@@H]1S(=O)(=O)c1ccc(Cl)cc1. The molecule has 2 aromatic rings. The molecule has 6 nitrogen and oxygen atoms in total. The molecule has 0 bridgehead atoms. The van der Waals surface area contributed by atoms with E-state index >= 15 is 0 Å². The molecule has 0 aliphatic heterocycles. The molecular formula is C21H24ClFN2O4S. The van der Waals surface area contributed by atoms with Crippen LogP contribution in [0.15, 0.2) is 53.4 Å². The van der Waals surface area contributed by atoms with E-state index in [1.54, 1.807) is 26.8 Å². The first kappa shape index (κ1) is 22.5. The molecule has 1 amide bonds. The molecule has 1 saturated carbocycles. The van der Waals surface area contributed by atoms with Gasteiger partial charge < -0.3 is 15.8 Å². The molecule has 1 aliphatic rings. The van der Waals surface area contributed by atoms with Gasteiger partial charge in [-0.25, -0.2) is 17.6 Å². The minimum atomic E-state index is -3.93. The van der Waals surface area contributed by atoms with Crippen molar-refractivity contribution in [1.29, 1.82) is 0 Å². The summed E-state index contributed by atoms with van der Waals surface area (Å²) in [6, 6.07) is 11.4. The van der Waals surface area contributed by atoms with Crippen LogP contribution in [0.3, 0.4) is 0 Å². The van der Waals surface area contributed by atoms with Crippen molar-refractivity contribution in [2.45, 2.75) is 48.0 Å². The van der Waals surface area contributed by atoms with Crippen LogP contribution in [0, 0.1) is 5.82 Å². The van der Waals surface area contributed by atoms with Gasteiger partial charge in [0.25, 0.3) is 0 Å². The van der Waals surface area contributed by atoms with E-state index in [0.717, 1.165) is 0 Å². The monoisotopic (exact) mass is 454 g/mol. The summed E-state index contributed by atoms with van der Waals surface area (Å²) in [6.07, 6.45) is -0.789. The molecule has 0 aromatic heterocycles. The maximum Gasteiger partial charge on any atom is 0.408 e. The Hall–Kier alpha value is -2.16. The number of amides is 1. The maximum absolute atomic E-state index is 13.9. The zero-order valence-corrected chi connectivity index (χ0v) is 18.4. The summed E-state index contributed by atoms with van der Waals surface area (Å²) < 4.78 is 46.1. The van der Waals surface area contributed by atoms with Gasteiger partial charge in [-0.05, 0) is 62.7 Å². The second kappa shape index (κ2) is 7.83. The van der Waals surface area contributed by atoms with Crippen LogP contribution in [0.4, 0.5) is 9.18 Å². The Morgan fingerprint density at radius 3 is 2.40 bits per heavy atom. The van der Waals surface area contributed by atoms with Crippen molar-refractivity contribution >= 4 is 27.5 Å². The molecule has 30 heavy (non-hydrogen) atoms. The molecule has 3 rings (SSSR count). The standard InChI is InChI=1S/C21H24ClFN2O4S/c1-20(2,3)29-19(26)25-21(12-24)17(13-5-4-6-15(23)11-13)18(21)30(27,28)16-9-7-14(22)8-10-16/h4-11,17-18H,12,24H2,1-3H3,(H,25,26)/t17-,18-,21-/m0/s1. The first-order chi connectivity index (χ1) is 13.9. The van der Waals surface area contributed by atoms with Crippen molar-refractivity contribution in [2.75, 3.05) is 6.54 Å². The lowest BCUT2D eigenvalue weighted by Gasteiger charge is -2.24. The Balaban J connectivity index is 2.05. The summed E-state index contributed by atoms with van der Waals surface area (Å²) in [6.45, 7) is 4.91. The lowest BCUT2D eigenvalue weighted by molar-refractivity contribution is 0.0497. The molecule has 0 radical (unpaired) electrons. The number of nitrogens with two attached hydrogens (primary N) is 1. The average molecular weight is 455 g/mol. The molecule has 3 atom stereocenters. The predicted molar refractivity (Wildman–Crippen MR) is 113 cm³/mol. The predicted octanol–water partition coefficient (Wildman–Crippen LogP) is 3.64. The molecular weight excluding hydrogens is 431 g/mol. The van der Waals surface area contributed by atoms with Crippen molar-refractivity contribution < 1.29 is 22.3 Å². The zero-order chi connectivity index (χ0) is 22.3. The molecule has 0 saturated heterocycles. The van der Waals surface area contributed by atoms with Crippen LogP contribution < -0.4 is 11.1 Å². The van der Waals surface area contributed by atoms with Gasteiger partial charge >= 0.3 is 6.09 Å². The fraction of sp³-hybridized carbons (Fsp3) is 0.381. The van der Waals surface area contributed by atoms with E-state index in [1.807, 2.05) is 0 Å². The van der Waals surface area contributed by atoms with Gasteiger partial charge in [0.05, 0.1) is 10.4 Å². The Kier molecular flexibility index (Phi) is 5.88. The number of alkyl carbamates (subject to hydrolysis) is 1. The third kappa shape index (κ3) is 4.31. The summed E-state index contributed by atoms with van der Waals surface area (Å²) in [7, 11) is -3.93. The zero-order valence-electron chi connectivity index (χ0n) is 16.9. The Morgan fingerprint density at radius 2 is 1.87 bits per heavy atom. The van der Waals surface area contributed by atoms with Crippen LogP contribution in [0.2, 0.25) is 5.02 Å². The van der Waals surface area contributed by atoms with E-state index in [4.69, 9.17) is 22.1 Å². The number of nitrogens with one attached hydrogen (secondary N) is 1. The van der Waals surface area contributed by atoms with Gasteiger partial charge in [0.1, 0.15) is 16.7 Å². The molecule has 1 fully saturated rings. The maximum atomic E-state index is 13.9.